The van der Waals surface area contributed by atoms with E-state index in [0.717, 1.165) is 0 Å². The van der Waals surface area contributed by atoms with E-state index in [1.165, 1.54) is 13.2 Å². The second kappa shape index (κ2) is 7.50. The van der Waals surface area contributed by atoms with Gasteiger partial charge in [-0.15, -0.1) is 0 Å². The van der Waals surface area contributed by atoms with Crippen LogP contribution in [0.15, 0.2) is 42.5 Å². The minimum absolute atomic E-state index is 0.00452. The molecule has 2 aromatic rings. The number of nitrogens with one attached hydrogen (secondary N) is 1. The molecule has 0 aliphatic heterocycles. The number of anilines is 1. The number of primary amides is 1. The summed E-state index contributed by atoms with van der Waals surface area (Å²) < 4.78 is 10.9. The summed E-state index contributed by atoms with van der Waals surface area (Å²) in [5.74, 6) is 0.163. The van der Waals surface area contributed by atoms with Gasteiger partial charge in [0.15, 0.2) is 11.5 Å². The molecule has 2 aromatic carbocycles. The van der Waals surface area contributed by atoms with Crippen molar-refractivity contribution in [2.45, 2.75) is 20.0 Å². The van der Waals surface area contributed by atoms with Crippen molar-refractivity contribution in [1.29, 1.82) is 0 Å². The summed E-state index contributed by atoms with van der Waals surface area (Å²) in [4.78, 5) is 23.6. The first-order chi connectivity index (χ1) is 11.4. The van der Waals surface area contributed by atoms with E-state index in [-0.39, 0.29) is 12.0 Å². The zero-order valence-electron chi connectivity index (χ0n) is 13.8. The van der Waals surface area contributed by atoms with E-state index >= 15 is 0 Å². The Balaban J connectivity index is 2.20. The molecule has 2 amide bonds. The summed E-state index contributed by atoms with van der Waals surface area (Å²) in [6, 6.07) is 11.4. The number of methoxy groups -OCH3 is 1. The Morgan fingerprint density at radius 3 is 2.42 bits per heavy atom. The molecule has 6 heteroatoms. The molecule has 2 rings (SSSR count). The van der Waals surface area contributed by atoms with Crippen molar-refractivity contribution in [3.05, 3.63) is 53.6 Å². The van der Waals surface area contributed by atoms with Gasteiger partial charge in [0, 0.05) is 16.8 Å². The molecule has 126 valence electrons. The van der Waals surface area contributed by atoms with Crippen LogP contribution in [0.5, 0.6) is 11.5 Å². The Bertz CT molecular complexity index is 756. The maximum atomic E-state index is 12.4. The van der Waals surface area contributed by atoms with Gasteiger partial charge in [0.25, 0.3) is 5.91 Å². The van der Waals surface area contributed by atoms with Crippen LogP contribution >= 0.6 is 0 Å². The lowest BCUT2D eigenvalue weighted by Gasteiger charge is -2.14. The van der Waals surface area contributed by atoms with Crippen LogP contribution in [0.25, 0.3) is 0 Å². The standard InChI is InChI=1S/C18H20N2O4/c1-11(2)24-15-8-7-13(10-16(15)23-3)18(22)20-14-6-4-5-12(9-14)17(19)21/h4-11H,1-3H3,(H2,19,21)(H,20,22). The second-order valence-electron chi connectivity index (χ2n) is 5.43. The number of carbonyl (C=O) groups is 2. The maximum Gasteiger partial charge on any atom is 0.255 e. The van der Waals surface area contributed by atoms with E-state index in [9.17, 15) is 9.59 Å². The Kier molecular flexibility index (Phi) is 5.42. The third-order valence-corrected chi connectivity index (χ3v) is 3.19. The minimum atomic E-state index is -0.553. The van der Waals surface area contributed by atoms with Crippen molar-refractivity contribution in [1.82, 2.24) is 0 Å². The summed E-state index contributed by atoms with van der Waals surface area (Å²) in [6.45, 7) is 3.82. The second-order valence-corrected chi connectivity index (χ2v) is 5.43. The molecule has 0 aromatic heterocycles. The molecule has 0 bridgehead atoms. The van der Waals surface area contributed by atoms with Crippen LogP contribution in [0.4, 0.5) is 5.69 Å². The first-order valence-corrected chi connectivity index (χ1v) is 7.46. The predicted molar refractivity (Wildman–Crippen MR) is 91.7 cm³/mol. The summed E-state index contributed by atoms with van der Waals surface area (Å²) >= 11 is 0. The quantitative estimate of drug-likeness (QED) is 0.853. The lowest BCUT2D eigenvalue weighted by Crippen LogP contribution is -2.15. The molecule has 3 N–H and O–H groups in total. The largest absolute Gasteiger partial charge is 0.493 e. The van der Waals surface area contributed by atoms with Gasteiger partial charge in [-0.25, -0.2) is 0 Å². The van der Waals surface area contributed by atoms with E-state index in [1.54, 1.807) is 36.4 Å². The average molecular weight is 328 g/mol. The Labute approximate surface area is 140 Å². The number of carbonyl (C=O) groups excluding carboxylic acids is 2. The molecule has 0 radical (unpaired) electrons. The van der Waals surface area contributed by atoms with Gasteiger partial charge in [-0.3, -0.25) is 9.59 Å². The van der Waals surface area contributed by atoms with Crippen LogP contribution < -0.4 is 20.5 Å². The Morgan fingerprint density at radius 1 is 1.04 bits per heavy atom. The van der Waals surface area contributed by atoms with Gasteiger partial charge in [0.1, 0.15) is 0 Å². The number of amides is 2. The zero-order valence-corrected chi connectivity index (χ0v) is 13.8. The van der Waals surface area contributed by atoms with Gasteiger partial charge in [-0.05, 0) is 50.2 Å². The highest BCUT2D eigenvalue weighted by Gasteiger charge is 2.13. The molecule has 0 aliphatic carbocycles. The highest BCUT2D eigenvalue weighted by Crippen LogP contribution is 2.29. The highest BCUT2D eigenvalue weighted by molar-refractivity contribution is 6.05. The van der Waals surface area contributed by atoms with Crippen LogP contribution in [0, 0.1) is 0 Å². The monoisotopic (exact) mass is 328 g/mol. The van der Waals surface area contributed by atoms with Crippen LogP contribution in [0.3, 0.4) is 0 Å². The lowest BCUT2D eigenvalue weighted by atomic mass is 10.1. The van der Waals surface area contributed by atoms with Crippen LogP contribution in [-0.4, -0.2) is 25.0 Å². The molecule has 0 fully saturated rings. The number of nitrogens with two attached hydrogens (primary N) is 1. The summed E-state index contributed by atoms with van der Waals surface area (Å²) in [7, 11) is 1.51. The molecule has 0 saturated carbocycles. The van der Waals surface area contributed by atoms with Crippen molar-refractivity contribution in [2.75, 3.05) is 12.4 Å². The SMILES string of the molecule is COc1cc(C(=O)Nc2cccc(C(N)=O)c2)ccc1OC(C)C. The molecule has 6 nitrogen and oxygen atoms in total. The summed E-state index contributed by atoms with van der Waals surface area (Å²) in [5, 5.41) is 2.72. The predicted octanol–water partition coefficient (Wildman–Crippen LogP) is 2.83. The molecule has 24 heavy (non-hydrogen) atoms. The van der Waals surface area contributed by atoms with E-state index in [1.807, 2.05) is 13.8 Å². The first kappa shape index (κ1) is 17.3. The van der Waals surface area contributed by atoms with E-state index in [4.69, 9.17) is 15.2 Å². The van der Waals surface area contributed by atoms with Gasteiger partial charge >= 0.3 is 0 Å². The fraction of sp³-hybridized carbons (Fsp3) is 0.222. The third kappa shape index (κ3) is 4.25. The highest BCUT2D eigenvalue weighted by atomic mass is 16.5. The van der Waals surface area contributed by atoms with Crippen molar-refractivity contribution in [3.8, 4) is 11.5 Å². The zero-order chi connectivity index (χ0) is 17.7. The fourth-order valence-corrected chi connectivity index (χ4v) is 2.11. The number of ether oxygens (including phenoxy) is 2. The fourth-order valence-electron chi connectivity index (χ4n) is 2.11. The van der Waals surface area contributed by atoms with Crippen molar-refractivity contribution in [3.63, 3.8) is 0 Å². The Morgan fingerprint density at radius 2 is 1.79 bits per heavy atom. The normalized spacial score (nSPS) is 10.3. The smallest absolute Gasteiger partial charge is 0.255 e. The van der Waals surface area contributed by atoms with Gasteiger partial charge < -0.3 is 20.5 Å². The summed E-state index contributed by atoms with van der Waals surface area (Å²) in [5.41, 5.74) is 6.46. The minimum Gasteiger partial charge on any atom is -0.493 e. The molecular formula is C18H20N2O4. The van der Waals surface area contributed by atoms with Gasteiger partial charge in [0.05, 0.1) is 13.2 Å². The topological polar surface area (TPSA) is 90.6 Å². The van der Waals surface area contributed by atoms with E-state index in [2.05, 4.69) is 5.32 Å². The lowest BCUT2D eigenvalue weighted by molar-refractivity contribution is 0.0996. The van der Waals surface area contributed by atoms with Crippen molar-refractivity contribution < 1.29 is 19.1 Å². The molecule has 0 atom stereocenters. The van der Waals surface area contributed by atoms with Gasteiger partial charge in [-0.1, -0.05) is 6.07 Å². The number of rotatable bonds is 6. The van der Waals surface area contributed by atoms with Crippen LogP contribution in [0.1, 0.15) is 34.6 Å². The Hall–Kier alpha value is -3.02. The first-order valence-electron chi connectivity index (χ1n) is 7.46. The van der Waals surface area contributed by atoms with Crippen LogP contribution in [-0.2, 0) is 0 Å². The summed E-state index contributed by atoms with van der Waals surface area (Å²) in [6.07, 6.45) is -0.00452. The third-order valence-electron chi connectivity index (χ3n) is 3.19. The van der Waals surface area contributed by atoms with E-state index < -0.39 is 5.91 Å². The molecule has 0 saturated heterocycles. The van der Waals surface area contributed by atoms with Crippen molar-refractivity contribution in [2.24, 2.45) is 5.73 Å². The van der Waals surface area contributed by atoms with Gasteiger partial charge in [-0.2, -0.15) is 0 Å². The van der Waals surface area contributed by atoms with Crippen LogP contribution in [0.2, 0.25) is 0 Å². The number of benzene rings is 2. The molecule has 0 spiro atoms. The van der Waals surface area contributed by atoms with Crippen molar-refractivity contribution >= 4 is 17.5 Å². The molecular weight excluding hydrogens is 308 g/mol. The number of hydrogen-bond acceptors (Lipinski definition) is 4. The number of hydrogen-bond donors (Lipinski definition) is 2. The maximum absolute atomic E-state index is 12.4. The average Bonchev–Trinajstić information content (AvgIpc) is 2.54. The molecule has 0 aliphatic rings. The van der Waals surface area contributed by atoms with E-state index in [0.29, 0.717) is 28.3 Å². The molecule has 0 unspecified atom stereocenters. The molecule has 0 heterocycles. The van der Waals surface area contributed by atoms with Gasteiger partial charge in [0.2, 0.25) is 5.91 Å².